The van der Waals surface area contributed by atoms with Gasteiger partial charge in [0.1, 0.15) is 11.6 Å². The summed E-state index contributed by atoms with van der Waals surface area (Å²) >= 11 is 0. The van der Waals surface area contributed by atoms with Crippen LogP contribution in [0.4, 0.5) is 14.9 Å². The molecule has 0 aliphatic carbocycles. The largest absolute Gasteiger partial charge is 0.467 e. The number of halogens is 1. The van der Waals surface area contributed by atoms with E-state index >= 15 is 0 Å². The van der Waals surface area contributed by atoms with Gasteiger partial charge in [0, 0.05) is 23.4 Å². The van der Waals surface area contributed by atoms with Gasteiger partial charge in [-0.1, -0.05) is 12.1 Å². The van der Waals surface area contributed by atoms with Crippen LogP contribution in [0.15, 0.2) is 36.4 Å². The van der Waals surface area contributed by atoms with Crippen molar-refractivity contribution < 1.29 is 23.5 Å². The Morgan fingerprint density at radius 2 is 2.08 bits per heavy atom. The number of ether oxygens (including phenoxy) is 2. The first kappa shape index (κ1) is 17.9. The number of benzene rings is 2. The molecule has 0 saturated heterocycles. The summed E-state index contributed by atoms with van der Waals surface area (Å²) in [5, 5.41) is 5.38. The van der Waals surface area contributed by atoms with Crippen molar-refractivity contribution in [2.45, 2.75) is 20.0 Å². The lowest BCUT2D eigenvalue weighted by Crippen LogP contribution is -2.30. The average molecular weight is 358 g/mol. The predicted molar refractivity (Wildman–Crippen MR) is 93.9 cm³/mol. The van der Waals surface area contributed by atoms with Gasteiger partial charge in [-0.3, -0.25) is 4.79 Å². The van der Waals surface area contributed by atoms with Gasteiger partial charge in [-0.2, -0.15) is 0 Å². The summed E-state index contributed by atoms with van der Waals surface area (Å²) in [6.07, 6.45) is 0.418. The minimum absolute atomic E-state index is 0.0751. The molecule has 1 aliphatic rings. The summed E-state index contributed by atoms with van der Waals surface area (Å²) < 4.78 is 24.3. The van der Waals surface area contributed by atoms with Crippen LogP contribution in [0, 0.1) is 5.82 Å². The van der Waals surface area contributed by atoms with Gasteiger partial charge in [0.15, 0.2) is 12.6 Å². The smallest absolute Gasteiger partial charge is 0.319 e. The zero-order chi connectivity index (χ0) is 18.5. The lowest BCUT2D eigenvalue weighted by molar-refractivity contribution is -0.0172. The van der Waals surface area contributed by atoms with E-state index in [1.165, 1.54) is 19.1 Å². The van der Waals surface area contributed by atoms with Crippen LogP contribution in [0.1, 0.15) is 28.4 Å². The van der Waals surface area contributed by atoms with E-state index in [0.717, 1.165) is 0 Å². The fourth-order valence-corrected chi connectivity index (χ4v) is 2.74. The fourth-order valence-electron chi connectivity index (χ4n) is 2.74. The van der Waals surface area contributed by atoms with E-state index in [0.29, 0.717) is 47.7 Å². The van der Waals surface area contributed by atoms with Crippen LogP contribution in [0.2, 0.25) is 0 Å². The molecule has 0 aromatic heterocycles. The molecule has 26 heavy (non-hydrogen) atoms. The highest BCUT2D eigenvalue weighted by atomic mass is 19.1. The Kier molecular flexibility index (Phi) is 5.48. The van der Waals surface area contributed by atoms with Gasteiger partial charge in [-0.05, 0) is 43.2 Å². The van der Waals surface area contributed by atoms with E-state index in [1.807, 2.05) is 0 Å². The molecule has 0 radical (unpaired) electrons. The maximum absolute atomic E-state index is 13.7. The van der Waals surface area contributed by atoms with Gasteiger partial charge < -0.3 is 20.1 Å². The molecule has 1 heterocycles. The summed E-state index contributed by atoms with van der Waals surface area (Å²) in [6.45, 7) is 2.21. The van der Waals surface area contributed by atoms with Gasteiger partial charge in [-0.25, -0.2) is 9.18 Å². The van der Waals surface area contributed by atoms with Gasteiger partial charge >= 0.3 is 6.03 Å². The monoisotopic (exact) mass is 358 g/mol. The van der Waals surface area contributed by atoms with Crippen molar-refractivity contribution in [3.05, 3.63) is 58.9 Å². The normalized spacial score (nSPS) is 12.7. The first-order valence-corrected chi connectivity index (χ1v) is 8.20. The van der Waals surface area contributed by atoms with E-state index in [2.05, 4.69) is 10.6 Å². The van der Waals surface area contributed by atoms with E-state index in [4.69, 9.17) is 9.47 Å². The molecular formula is C19H19FN2O4. The van der Waals surface area contributed by atoms with Gasteiger partial charge in [0.05, 0.1) is 6.61 Å². The highest BCUT2D eigenvalue weighted by Crippen LogP contribution is 2.29. The number of hydrogen-bond donors (Lipinski definition) is 2. The first-order chi connectivity index (χ1) is 12.5. The van der Waals surface area contributed by atoms with Gasteiger partial charge in [0.2, 0.25) is 0 Å². The second kappa shape index (κ2) is 7.97. The molecule has 6 nitrogen and oxygen atoms in total. The van der Waals surface area contributed by atoms with Crippen molar-refractivity contribution in [1.82, 2.24) is 5.32 Å². The SMILES string of the molecule is CC(=O)c1cccc(NC(=O)NCCc2cc(F)cc3c2OCOC3)c1. The van der Waals surface area contributed by atoms with Crippen LogP contribution >= 0.6 is 0 Å². The second-order valence-corrected chi connectivity index (χ2v) is 5.93. The van der Waals surface area contributed by atoms with Gasteiger partial charge in [-0.15, -0.1) is 0 Å². The number of amides is 2. The molecule has 0 unspecified atom stereocenters. The van der Waals surface area contributed by atoms with Crippen molar-refractivity contribution in [1.29, 1.82) is 0 Å². The molecule has 2 amide bonds. The quantitative estimate of drug-likeness (QED) is 0.805. The van der Waals surface area contributed by atoms with Crippen LogP contribution in [-0.2, 0) is 17.8 Å². The highest BCUT2D eigenvalue weighted by molar-refractivity contribution is 5.96. The number of rotatable bonds is 5. The molecule has 0 saturated carbocycles. The molecule has 0 spiro atoms. The standard InChI is InChI=1S/C19H19FN2O4/c1-12(23)13-3-2-4-17(9-13)22-19(24)21-6-5-14-7-16(20)8-15-10-25-11-26-18(14)15/h2-4,7-9H,5-6,10-11H2,1H3,(H2,21,22,24). The maximum Gasteiger partial charge on any atom is 0.319 e. The summed E-state index contributed by atoms with van der Waals surface area (Å²) in [4.78, 5) is 23.4. The number of nitrogens with one attached hydrogen (secondary N) is 2. The Balaban J connectivity index is 1.57. The van der Waals surface area contributed by atoms with Crippen molar-refractivity contribution in [3.8, 4) is 5.75 Å². The fraction of sp³-hybridized carbons (Fsp3) is 0.263. The van der Waals surface area contributed by atoms with E-state index < -0.39 is 6.03 Å². The minimum atomic E-state index is -0.403. The topological polar surface area (TPSA) is 76.7 Å². The number of fused-ring (bicyclic) bond motifs is 1. The highest BCUT2D eigenvalue weighted by Gasteiger charge is 2.17. The Hall–Kier alpha value is -2.93. The van der Waals surface area contributed by atoms with Crippen molar-refractivity contribution >= 4 is 17.5 Å². The van der Waals surface area contributed by atoms with Crippen LogP contribution in [-0.4, -0.2) is 25.2 Å². The van der Waals surface area contributed by atoms with E-state index in [1.54, 1.807) is 24.3 Å². The number of Topliss-reactive ketones (excluding diaryl/α,β-unsaturated/α-hetero) is 1. The zero-order valence-corrected chi connectivity index (χ0v) is 14.3. The molecule has 0 atom stereocenters. The van der Waals surface area contributed by atoms with Crippen molar-refractivity contribution in [2.75, 3.05) is 18.7 Å². The third-order valence-electron chi connectivity index (χ3n) is 3.96. The Morgan fingerprint density at radius 3 is 2.88 bits per heavy atom. The molecule has 7 heteroatoms. The number of hydrogen-bond acceptors (Lipinski definition) is 4. The lowest BCUT2D eigenvalue weighted by Gasteiger charge is -2.21. The third kappa shape index (κ3) is 4.37. The molecule has 3 rings (SSSR count). The molecule has 0 bridgehead atoms. The summed E-state index contributed by atoms with van der Waals surface area (Å²) in [6, 6.07) is 9.08. The molecule has 2 aromatic carbocycles. The maximum atomic E-state index is 13.7. The zero-order valence-electron chi connectivity index (χ0n) is 14.3. The summed E-state index contributed by atoms with van der Waals surface area (Å²) in [5.74, 6) is 0.182. The molecule has 0 fully saturated rings. The Bertz CT molecular complexity index is 838. The van der Waals surface area contributed by atoms with Crippen molar-refractivity contribution in [2.24, 2.45) is 0 Å². The molecule has 1 aliphatic heterocycles. The predicted octanol–water partition coefficient (Wildman–Crippen LogP) is 3.26. The summed E-state index contributed by atoms with van der Waals surface area (Å²) in [7, 11) is 0. The average Bonchev–Trinajstić information content (AvgIpc) is 2.61. The van der Waals surface area contributed by atoms with Crippen molar-refractivity contribution in [3.63, 3.8) is 0 Å². The van der Waals surface area contributed by atoms with Gasteiger partial charge in [0.25, 0.3) is 0 Å². The lowest BCUT2D eigenvalue weighted by atomic mass is 10.1. The first-order valence-electron chi connectivity index (χ1n) is 8.20. The Labute approximate surface area is 150 Å². The number of carbonyl (C=O) groups excluding carboxylic acids is 2. The van der Waals surface area contributed by atoms with Crippen LogP contribution in [0.3, 0.4) is 0 Å². The second-order valence-electron chi connectivity index (χ2n) is 5.93. The number of anilines is 1. The van der Waals surface area contributed by atoms with Crippen LogP contribution < -0.4 is 15.4 Å². The van der Waals surface area contributed by atoms with Crippen LogP contribution in [0.5, 0.6) is 5.75 Å². The minimum Gasteiger partial charge on any atom is -0.467 e. The van der Waals surface area contributed by atoms with E-state index in [-0.39, 0.29) is 18.4 Å². The Morgan fingerprint density at radius 1 is 1.23 bits per heavy atom. The number of urea groups is 1. The van der Waals surface area contributed by atoms with E-state index in [9.17, 15) is 14.0 Å². The molecular weight excluding hydrogens is 339 g/mol. The number of carbonyl (C=O) groups is 2. The number of ketones is 1. The molecule has 2 N–H and O–H groups in total. The molecule has 2 aromatic rings. The molecule has 136 valence electrons. The summed E-state index contributed by atoms with van der Waals surface area (Å²) in [5.41, 5.74) is 2.39. The van der Waals surface area contributed by atoms with Crippen LogP contribution in [0.25, 0.3) is 0 Å². The third-order valence-corrected chi connectivity index (χ3v) is 3.96.